The number of aliphatic imine (C=N–C) groups is 1. The number of nitrogens with one attached hydrogen (secondary N) is 1. The average molecular weight is 401 g/mol. The summed E-state index contributed by atoms with van der Waals surface area (Å²) in [5.74, 6) is 0.932. The molecule has 8 heteroatoms. The van der Waals surface area contributed by atoms with Crippen LogP contribution in [0.15, 0.2) is 4.99 Å². The molecule has 156 valence electrons. The molecule has 2 heterocycles. The number of sulfonamides is 1. The number of likely N-dealkylation sites (tertiary alicyclic amines) is 1. The highest BCUT2D eigenvalue weighted by molar-refractivity contribution is 7.89. The van der Waals surface area contributed by atoms with Gasteiger partial charge in [-0.3, -0.25) is 4.99 Å². The van der Waals surface area contributed by atoms with Crippen LogP contribution in [0.4, 0.5) is 0 Å². The van der Waals surface area contributed by atoms with Gasteiger partial charge in [0.05, 0.1) is 18.0 Å². The van der Waals surface area contributed by atoms with Crippen LogP contribution in [0, 0.1) is 5.41 Å². The van der Waals surface area contributed by atoms with Crippen molar-refractivity contribution in [2.75, 3.05) is 45.5 Å². The molecule has 1 saturated carbocycles. The standard InChI is InChI=1S/C19H36N4O3S/c1-16-13-23(14-17(2)26-16)27(24,25)12-10-21-18(20-3)22-11-9-19(15-22)7-5-4-6-8-19/h16-17H,4-15H2,1-3H3,(H,20,21). The summed E-state index contributed by atoms with van der Waals surface area (Å²) in [4.78, 5) is 6.72. The number of hydrogen-bond acceptors (Lipinski definition) is 4. The number of hydrogen-bond donors (Lipinski definition) is 1. The fraction of sp³-hybridized carbons (Fsp3) is 0.947. The summed E-state index contributed by atoms with van der Waals surface area (Å²) in [6, 6.07) is 0. The lowest BCUT2D eigenvalue weighted by atomic mass is 9.73. The van der Waals surface area contributed by atoms with Gasteiger partial charge in [-0.2, -0.15) is 4.31 Å². The van der Waals surface area contributed by atoms with E-state index in [2.05, 4.69) is 15.2 Å². The molecule has 0 aromatic heterocycles. The highest BCUT2D eigenvalue weighted by Crippen LogP contribution is 2.43. The average Bonchev–Trinajstić information content (AvgIpc) is 3.01. The van der Waals surface area contributed by atoms with E-state index in [1.807, 2.05) is 13.8 Å². The predicted octanol–water partition coefficient (Wildman–Crippen LogP) is 1.66. The van der Waals surface area contributed by atoms with Gasteiger partial charge in [-0.15, -0.1) is 0 Å². The smallest absolute Gasteiger partial charge is 0.216 e. The van der Waals surface area contributed by atoms with Crippen LogP contribution in [0.2, 0.25) is 0 Å². The lowest BCUT2D eigenvalue weighted by Crippen LogP contribution is -2.50. The van der Waals surface area contributed by atoms with Crippen molar-refractivity contribution in [3.8, 4) is 0 Å². The molecule has 3 aliphatic rings. The van der Waals surface area contributed by atoms with E-state index < -0.39 is 10.0 Å². The molecule has 1 spiro atoms. The fourth-order valence-electron chi connectivity index (χ4n) is 4.94. The van der Waals surface area contributed by atoms with E-state index in [4.69, 9.17) is 4.74 Å². The lowest BCUT2D eigenvalue weighted by Gasteiger charge is -2.34. The van der Waals surface area contributed by atoms with Crippen LogP contribution in [-0.2, 0) is 14.8 Å². The van der Waals surface area contributed by atoms with E-state index in [0.29, 0.717) is 25.0 Å². The molecule has 3 fully saturated rings. The Labute approximate surface area is 164 Å². The topological polar surface area (TPSA) is 74.2 Å². The van der Waals surface area contributed by atoms with Crippen molar-refractivity contribution in [1.29, 1.82) is 0 Å². The van der Waals surface area contributed by atoms with Gasteiger partial charge in [0.1, 0.15) is 0 Å². The Kier molecular flexibility index (Phi) is 6.69. The Bertz CT molecular complexity index is 621. The summed E-state index contributed by atoms with van der Waals surface area (Å²) in [5, 5.41) is 3.29. The molecule has 2 aliphatic heterocycles. The second-order valence-electron chi connectivity index (χ2n) is 8.60. The first kappa shape index (κ1) is 20.9. The van der Waals surface area contributed by atoms with Crippen LogP contribution in [-0.4, -0.2) is 81.3 Å². The molecule has 0 radical (unpaired) electrons. The van der Waals surface area contributed by atoms with Gasteiger partial charge < -0.3 is 15.0 Å². The molecule has 0 aromatic rings. The quantitative estimate of drug-likeness (QED) is 0.574. The predicted molar refractivity (Wildman–Crippen MR) is 108 cm³/mol. The maximum absolute atomic E-state index is 12.7. The van der Waals surface area contributed by atoms with E-state index >= 15 is 0 Å². The number of rotatable bonds is 4. The minimum absolute atomic E-state index is 0.0551. The summed E-state index contributed by atoms with van der Waals surface area (Å²) < 4.78 is 32.6. The van der Waals surface area contributed by atoms with Gasteiger partial charge in [-0.05, 0) is 38.5 Å². The zero-order valence-electron chi connectivity index (χ0n) is 17.1. The third-order valence-electron chi connectivity index (χ3n) is 6.29. The van der Waals surface area contributed by atoms with Crippen molar-refractivity contribution in [2.24, 2.45) is 10.4 Å². The molecule has 27 heavy (non-hydrogen) atoms. The minimum Gasteiger partial charge on any atom is -0.373 e. The van der Waals surface area contributed by atoms with Crippen molar-refractivity contribution in [2.45, 2.75) is 64.6 Å². The zero-order valence-corrected chi connectivity index (χ0v) is 17.9. The number of ether oxygens (including phenoxy) is 1. The Balaban J connectivity index is 1.50. The van der Waals surface area contributed by atoms with Gasteiger partial charge in [0.25, 0.3) is 0 Å². The second kappa shape index (κ2) is 8.66. The van der Waals surface area contributed by atoms with Gasteiger partial charge in [0.15, 0.2) is 5.96 Å². The van der Waals surface area contributed by atoms with E-state index in [1.54, 1.807) is 11.4 Å². The van der Waals surface area contributed by atoms with Crippen molar-refractivity contribution < 1.29 is 13.2 Å². The lowest BCUT2D eigenvalue weighted by molar-refractivity contribution is -0.0440. The Morgan fingerprint density at radius 1 is 1.15 bits per heavy atom. The number of morpholine rings is 1. The van der Waals surface area contributed by atoms with E-state index in [-0.39, 0.29) is 18.0 Å². The molecule has 2 atom stereocenters. The van der Waals surface area contributed by atoms with Crippen LogP contribution in [0.3, 0.4) is 0 Å². The Morgan fingerprint density at radius 2 is 1.81 bits per heavy atom. The molecule has 7 nitrogen and oxygen atoms in total. The van der Waals surface area contributed by atoms with Crippen LogP contribution in [0.5, 0.6) is 0 Å². The molecule has 0 amide bonds. The van der Waals surface area contributed by atoms with Crippen molar-refractivity contribution >= 4 is 16.0 Å². The normalized spacial score (nSPS) is 30.0. The molecule has 0 aromatic carbocycles. The van der Waals surface area contributed by atoms with Gasteiger partial charge in [0, 0.05) is 39.8 Å². The number of guanidine groups is 1. The first-order valence-electron chi connectivity index (χ1n) is 10.4. The molecule has 3 rings (SSSR count). The monoisotopic (exact) mass is 400 g/mol. The van der Waals surface area contributed by atoms with Crippen molar-refractivity contribution in [3.05, 3.63) is 0 Å². The molecule has 2 unspecified atom stereocenters. The molecule has 2 saturated heterocycles. The van der Waals surface area contributed by atoms with Gasteiger partial charge in [-0.25, -0.2) is 8.42 Å². The summed E-state index contributed by atoms with van der Waals surface area (Å²) in [5.41, 5.74) is 0.460. The Morgan fingerprint density at radius 3 is 2.44 bits per heavy atom. The van der Waals surface area contributed by atoms with E-state index in [0.717, 1.165) is 19.0 Å². The summed E-state index contributed by atoms with van der Waals surface area (Å²) in [6.45, 7) is 7.19. The van der Waals surface area contributed by atoms with Gasteiger partial charge >= 0.3 is 0 Å². The summed E-state index contributed by atoms with van der Waals surface area (Å²) >= 11 is 0. The third-order valence-corrected chi connectivity index (χ3v) is 8.09. The highest BCUT2D eigenvalue weighted by Gasteiger charge is 2.39. The number of nitrogens with zero attached hydrogens (tertiary/aromatic N) is 3. The van der Waals surface area contributed by atoms with Gasteiger partial charge in [-0.1, -0.05) is 19.3 Å². The molecular weight excluding hydrogens is 364 g/mol. The first-order valence-corrected chi connectivity index (χ1v) is 12.0. The fourth-order valence-corrected chi connectivity index (χ4v) is 6.43. The van der Waals surface area contributed by atoms with Gasteiger partial charge in [0.2, 0.25) is 10.0 Å². The summed E-state index contributed by atoms with van der Waals surface area (Å²) in [7, 11) is -1.50. The molecule has 1 N–H and O–H groups in total. The van der Waals surface area contributed by atoms with Crippen LogP contribution in [0.25, 0.3) is 0 Å². The van der Waals surface area contributed by atoms with E-state index in [9.17, 15) is 8.42 Å². The van der Waals surface area contributed by atoms with Crippen molar-refractivity contribution in [3.63, 3.8) is 0 Å². The SMILES string of the molecule is CN=C(NCCS(=O)(=O)N1CC(C)OC(C)C1)N1CCC2(CCCCC2)C1. The van der Waals surface area contributed by atoms with Crippen molar-refractivity contribution in [1.82, 2.24) is 14.5 Å². The Hall–Kier alpha value is -0.860. The molecule has 0 bridgehead atoms. The van der Waals surface area contributed by atoms with Crippen LogP contribution in [0.1, 0.15) is 52.4 Å². The second-order valence-corrected chi connectivity index (χ2v) is 10.7. The molecular formula is C19H36N4O3S. The first-order chi connectivity index (χ1) is 12.8. The zero-order chi connectivity index (χ0) is 19.5. The third kappa shape index (κ3) is 5.15. The minimum atomic E-state index is -3.29. The summed E-state index contributed by atoms with van der Waals surface area (Å²) in [6.07, 6.45) is 7.81. The van der Waals surface area contributed by atoms with Crippen LogP contribution < -0.4 is 5.32 Å². The maximum atomic E-state index is 12.7. The van der Waals surface area contributed by atoms with E-state index in [1.165, 1.54) is 38.5 Å². The largest absolute Gasteiger partial charge is 0.373 e. The molecule has 1 aliphatic carbocycles. The maximum Gasteiger partial charge on any atom is 0.216 e. The van der Waals surface area contributed by atoms with Crippen LogP contribution >= 0.6 is 0 Å². The highest BCUT2D eigenvalue weighted by atomic mass is 32.2.